The fraction of sp³-hybridized carbons (Fsp3) is 0.370. The summed E-state index contributed by atoms with van der Waals surface area (Å²) in [6.45, 7) is 3.05. The van der Waals surface area contributed by atoms with Gasteiger partial charge in [-0.25, -0.2) is 13.2 Å². The minimum atomic E-state index is -0.934. The van der Waals surface area contributed by atoms with E-state index in [0.717, 1.165) is 19.4 Å². The summed E-state index contributed by atoms with van der Waals surface area (Å²) in [6.07, 6.45) is 2.69. The van der Waals surface area contributed by atoms with Gasteiger partial charge in [-0.1, -0.05) is 13.0 Å². The molecule has 2 aliphatic rings. The average Bonchev–Trinajstić information content (AvgIpc) is 3.39. The van der Waals surface area contributed by atoms with Crippen LogP contribution in [0.4, 0.5) is 13.2 Å². The van der Waals surface area contributed by atoms with Gasteiger partial charge in [0.15, 0.2) is 5.82 Å². The molecule has 6 rings (SSSR count). The van der Waals surface area contributed by atoms with Crippen LogP contribution in [0.5, 0.6) is 17.6 Å². The highest BCUT2D eigenvalue weighted by Crippen LogP contribution is 2.41. The number of hydrogen-bond donors (Lipinski definition) is 2. The van der Waals surface area contributed by atoms with Crippen LogP contribution in [0.15, 0.2) is 30.5 Å². The lowest BCUT2D eigenvalue weighted by molar-refractivity contribution is 0.107. The maximum Gasteiger partial charge on any atom is 0.320 e. The first kappa shape index (κ1) is 23.7. The third-order valence-corrected chi connectivity index (χ3v) is 7.64. The summed E-state index contributed by atoms with van der Waals surface area (Å²) >= 11 is 0. The fourth-order valence-electron chi connectivity index (χ4n) is 5.95. The molecule has 2 aliphatic heterocycles. The van der Waals surface area contributed by atoms with Gasteiger partial charge in [-0.15, -0.1) is 0 Å². The zero-order chi connectivity index (χ0) is 25.9. The molecule has 0 unspecified atom stereocenters. The summed E-state index contributed by atoms with van der Waals surface area (Å²) < 4.78 is 50.5. The average molecular weight is 511 g/mol. The molecule has 2 saturated heterocycles. The molecule has 4 aromatic rings. The van der Waals surface area contributed by atoms with Crippen molar-refractivity contribution in [2.75, 3.05) is 19.7 Å². The van der Waals surface area contributed by atoms with E-state index in [2.05, 4.69) is 19.9 Å². The number of halogens is 3. The van der Waals surface area contributed by atoms with Crippen molar-refractivity contribution in [1.82, 2.24) is 19.9 Å². The molecule has 2 fully saturated rings. The van der Waals surface area contributed by atoms with E-state index in [1.54, 1.807) is 6.92 Å². The third kappa shape index (κ3) is 3.81. The topological polar surface area (TPSA) is 91.6 Å². The van der Waals surface area contributed by atoms with E-state index >= 15 is 4.39 Å². The molecule has 2 atom stereocenters. The van der Waals surface area contributed by atoms with Crippen LogP contribution in [-0.2, 0) is 6.42 Å². The van der Waals surface area contributed by atoms with E-state index in [-0.39, 0.29) is 40.5 Å². The predicted molar refractivity (Wildman–Crippen MR) is 131 cm³/mol. The summed E-state index contributed by atoms with van der Waals surface area (Å²) in [5.74, 6) is -1.95. The number of aromatic nitrogens is 3. The van der Waals surface area contributed by atoms with Crippen molar-refractivity contribution in [2.45, 2.75) is 44.3 Å². The maximum absolute atomic E-state index is 16.0. The van der Waals surface area contributed by atoms with E-state index in [1.165, 1.54) is 30.5 Å². The Balaban J connectivity index is 1.45. The Morgan fingerprint density at radius 3 is 2.84 bits per heavy atom. The molecule has 7 nitrogen and oxygen atoms in total. The normalized spacial score (nSPS) is 21.7. The first-order valence-corrected chi connectivity index (χ1v) is 12.3. The maximum atomic E-state index is 16.0. The van der Waals surface area contributed by atoms with Crippen molar-refractivity contribution in [3.05, 3.63) is 47.7 Å². The molecule has 0 saturated carbocycles. The monoisotopic (exact) mass is 510 g/mol. The van der Waals surface area contributed by atoms with Crippen LogP contribution < -0.4 is 4.74 Å². The Labute approximate surface area is 210 Å². The van der Waals surface area contributed by atoms with Gasteiger partial charge in [0.2, 0.25) is 5.88 Å². The molecule has 192 valence electrons. The van der Waals surface area contributed by atoms with Gasteiger partial charge in [0.1, 0.15) is 35.6 Å². The predicted octanol–water partition coefficient (Wildman–Crippen LogP) is 5.05. The van der Waals surface area contributed by atoms with Crippen molar-refractivity contribution in [3.63, 3.8) is 0 Å². The number of fused-ring (bicyclic) bond motifs is 3. The molecule has 37 heavy (non-hydrogen) atoms. The van der Waals surface area contributed by atoms with Crippen molar-refractivity contribution < 1.29 is 28.1 Å². The van der Waals surface area contributed by atoms with Crippen LogP contribution in [0.25, 0.3) is 32.9 Å². The van der Waals surface area contributed by atoms with E-state index in [1.807, 2.05) is 0 Å². The quantitative estimate of drug-likeness (QED) is 0.388. The molecular formula is C27H25F3N4O3. The zero-order valence-electron chi connectivity index (χ0n) is 20.1. The molecular weight excluding hydrogens is 485 g/mol. The number of rotatable bonds is 5. The number of hydrogen-bond acceptors (Lipinski definition) is 7. The Bertz CT molecular complexity index is 1550. The molecule has 2 aromatic heterocycles. The number of ether oxygens (including phenoxy) is 1. The van der Waals surface area contributed by atoms with Gasteiger partial charge in [0, 0.05) is 24.7 Å². The summed E-state index contributed by atoms with van der Waals surface area (Å²) in [5.41, 5.74) is -0.280. The van der Waals surface area contributed by atoms with Crippen molar-refractivity contribution >= 4 is 21.7 Å². The summed E-state index contributed by atoms with van der Waals surface area (Å²) in [5, 5.41) is 21.7. The number of alkyl halides is 1. The molecule has 0 bridgehead atoms. The number of aryl methyl sites for hydroxylation is 1. The van der Waals surface area contributed by atoms with Crippen LogP contribution in [0, 0.1) is 11.6 Å². The molecule has 0 amide bonds. The van der Waals surface area contributed by atoms with Crippen LogP contribution >= 0.6 is 0 Å². The standard InChI is InChI=1S/C27H25F3N4O3/c1-2-17-20(29)5-4-14-8-16(35)9-18(21(14)17)23-22(30)24-19(11-31-23)25(36)33-26(32-24)37-13-27-6-3-7-34(27)12-15(28)10-27/h4-5,8-9,11,15,35H,2-3,6-7,10,12-13H2,1H3,(H,32,33,36)/t15-,27+/m1/s1. The number of pyridine rings is 1. The van der Waals surface area contributed by atoms with Gasteiger partial charge in [-0.2, -0.15) is 9.97 Å². The van der Waals surface area contributed by atoms with Gasteiger partial charge in [-0.3, -0.25) is 9.88 Å². The Hall–Kier alpha value is -3.66. The Morgan fingerprint density at radius 2 is 2.03 bits per heavy atom. The van der Waals surface area contributed by atoms with Crippen molar-refractivity contribution in [3.8, 4) is 28.9 Å². The highest BCUT2D eigenvalue weighted by atomic mass is 19.1. The lowest BCUT2D eigenvalue weighted by Gasteiger charge is -2.30. The Kier molecular flexibility index (Phi) is 5.59. The van der Waals surface area contributed by atoms with E-state index < -0.39 is 29.2 Å². The number of aromatic hydroxyl groups is 2. The summed E-state index contributed by atoms with van der Waals surface area (Å²) in [4.78, 5) is 14.4. The van der Waals surface area contributed by atoms with E-state index in [4.69, 9.17) is 4.74 Å². The van der Waals surface area contributed by atoms with Crippen LogP contribution in [0.3, 0.4) is 0 Å². The summed E-state index contributed by atoms with van der Waals surface area (Å²) in [7, 11) is 0. The smallest absolute Gasteiger partial charge is 0.320 e. The van der Waals surface area contributed by atoms with E-state index in [0.29, 0.717) is 35.7 Å². The lowest BCUT2D eigenvalue weighted by Crippen LogP contribution is -2.43. The lowest BCUT2D eigenvalue weighted by atomic mass is 9.94. The van der Waals surface area contributed by atoms with Crippen LogP contribution in [0.2, 0.25) is 0 Å². The van der Waals surface area contributed by atoms with Gasteiger partial charge in [-0.05, 0) is 60.3 Å². The van der Waals surface area contributed by atoms with E-state index in [9.17, 15) is 19.0 Å². The second-order valence-corrected chi connectivity index (χ2v) is 9.85. The molecule has 10 heteroatoms. The molecule has 0 aliphatic carbocycles. The zero-order valence-corrected chi connectivity index (χ0v) is 20.1. The highest BCUT2D eigenvalue weighted by Gasteiger charge is 2.49. The molecule has 0 radical (unpaired) electrons. The fourth-order valence-corrected chi connectivity index (χ4v) is 5.95. The molecule has 2 aromatic carbocycles. The minimum Gasteiger partial charge on any atom is -0.508 e. The molecule has 2 N–H and O–H groups in total. The number of phenolic OH excluding ortho intramolecular Hbond substituents is 1. The number of phenols is 1. The third-order valence-electron chi connectivity index (χ3n) is 7.64. The second kappa shape index (κ2) is 8.72. The largest absolute Gasteiger partial charge is 0.508 e. The Morgan fingerprint density at radius 1 is 1.19 bits per heavy atom. The van der Waals surface area contributed by atoms with Gasteiger partial charge in [0.25, 0.3) is 0 Å². The van der Waals surface area contributed by atoms with Crippen LogP contribution in [-0.4, -0.2) is 61.5 Å². The first-order valence-electron chi connectivity index (χ1n) is 12.3. The van der Waals surface area contributed by atoms with Crippen molar-refractivity contribution in [2.24, 2.45) is 0 Å². The highest BCUT2D eigenvalue weighted by molar-refractivity contribution is 6.01. The van der Waals surface area contributed by atoms with Gasteiger partial charge < -0.3 is 14.9 Å². The van der Waals surface area contributed by atoms with Gasteiger partial charge >= 0.3 is 6.01 Å². The summed E-state index contributed by atoms with van der Waals surface area (Å²) in [6, 6.07) is 5.41. The molecule has 4 heterocycles. The van der Waals surface area contributed by atoms with Crippen LogP contribution in [0.1, 0.15) is 31.7 Å². The number of nitrogens with zero attached hydrogens (tertiary/aromatic N) is 4. The number of benzene rings is 2. The second-order valence-electron chi connectivity index (χ2n) is 9.85. The van der Waals surface area contributed by atoms with Crippen molar-refractivity contribution in [1.29, 1.82) is 0 Å². The molecule has 0 spiro atoms. The van der Waals surface area contributed by atoms with Gasteiger partial charge in [0.05, 0.1) is 10.9 Å². The SMILES string of the molecule is CCc1c(F)ccc2cc(O)cc(-c3ncc4c(O)nc(OC[C@@]56CCCN5C[C@H](F)C6)nc4c3F)c12. The minimum absolute atomic E-state index is 0.0229. The first-order chi connectivity index (χ1) is 17.8.